The molecule has 1 heterocycles. The van der Waals surface area contributed by atoms with Crippen LogP contribution in [0.5, 0.6) is 11.5 Å². The van der Waals surface area contributed by atoms with Crippen molar-refractivity contribution in [1.82, 2.24) is 0 Å². The van der Waals surface area contributed by atoms with Gasteiger partial charge in [-0.1, -0.05) is 106 Å². The van der Waals surface area contributed by atoms with E-state index in [0.717, 1.165) is 29.7 Å². The van der Waals surface area contributed by atoms with Gasteiger partial charge in [0.25, 0.3) is 0 Å². The Morgan fingerprint density at radius 2 is 1.31 bits per heavy atom. The molecular weight excluding hydrogens is 524 g/mol. The standard InChI is InChI=1S/C32H57BrO2Si/c1-8-9-10-11-12-13-14-15-16-17-18-19-20-21-23-32(4)24-22-28-29(25-33)31(35-36(5,6)7)27(3)26(2)30(28)34-32/h8-25H2,1-7H3. The molecule has 0 aromatic heterocycles. The first-order valence-electron chi connectivity index (χ1n) is 15.2. The fraction of sp³-hybridized carbons (Fsp3) is 0.812. The van der Waals surface area contributed by atoms with Gasteiger partial charge in [-0.3, -0.25) is 0 Å². The molecule has 1 unspecified atom stereocenters. The lowest BCUT2D eigenvalue weighted by molar-refractivity contribution is 0.0522. The van der Waals surface area contributed by atoms with E-state index in [2.05, 4.69) is 63.3 Å². The van der Waals surface area contributed by atoms with Crippen molar-refractivity contribution in [3.05, 3.63) is 22.3 Å². The highest BCUT2D eigenvalue weighted by Gasteiger charge is 2.35. The zero-order valence-electron chi connectivity index (χ0n) is 24.9. The van der Waals surface area contributed by atoms with Gasteiger partial charge in [-0.15, -0.1) is 0 Å². The Hall–Kier alpha value is -0.483. The summed E-state index contributed by atoms with van der Waals surface area (Å²) in [6.45, 7) is 15.9. The van der Waals surface area contributed by atoms with Crippen LogP contribution in [0, 0.1) is 13.8 Å². The summed E-state index contributed by atoms with van der Waals surface area (Å²) in [7, 11) is -1.68. The van der Waals surface area contributed by atoms with Crippen molar-refractivity contribution < 1.29 is 9.16 Å². The molecular formula is C32H57BrO2Si. The maximum atomic E-state index is 6.81. The topological polar surface area (TPSA) is 18.5 Å². The number of unbranched alkanes of at least 4 members (excludes halogenated alkanes) is 13. The smallest absolute Gasteiger partial charge is 0.242 e. The second kappa shape index (κ2) is 15.8. The molecule has 2 rings (SSSR count). The number of ether oxygens (including phenoxy) is 1. The Morgan fingerprint density at radius 1 is 0.806 bits per heavy atom. The number of halogens is 1. The highest BCUT2D eigenvalue weighted by atomic mass is 79.9. The van der Waals surface area contributed by atoms with Gasteiger partial charge >= 0.3 is 0 Å². The van der Waals surface area contributed by atoms with E-state index in [9.17, 15) is 0 Å². The van der Waals surface area contributed by atoms with Gasteiger partial charge < -0.3 is 9.16 Å². The predicted octanol–water partition coefficient (Wildman–Crippen LogP) is 11.4. The number of hydrogen-bond acceptors (Lipinski definition) is 2. The summed E-state index contributed by atoms with van der Waals surface area (Å²) >= 11 is 3.76. The Kier molecular flexibility index (Phi) is 13.9. The summed E-state index contributed by atoms with van der Waals surface area (Å²) in [6, 6.07) is 0. The van der Waals surface area contributed by atoms with E-state index in [1.54, 1.807) is 0 Å². The van der Waals surface area contributed by atoms with Crippen LogP contribution in [0.2, 0.25) is 19.6 Å². The summed E-state index contributed by atoms with van der Waals surface area (Å²) in [5.41, 5.74) is 5.18. The van der Waals surface area contributed by atoms with Gasteiger partial charge in [-0.05, 0) is 77.2 Å². The fourth-order valence-corrected chi connectivity index (χ4v) is 7.09. The van der Waals surface area contributed by atoms with Crippen molar-refractivity contribution in [3.8, 4) is 11.5 Å². The van der Waals surface area contributed by atoms with Crippen molar-refractivity contribution in [2.75, 3.05) is 0 Å². The first kappa shape index (κ1) is 31.7. The minimum atomic E-state index is -1.68. The van der Waals surface area contributed by atoms with E-state index >= 15 is 0 Å². The van der Waals surface area contributed by atoms with Crippen LogP contribution < -0.4 is 9.16 Å². The molecule has 0 saturated heterocycles. The van der Waals surface area contributed by atoms with Gasteiger partial charge in [0.1, 0.15) is 17.1 Å². The Labute approximate surface area is 234 Å². The first-order chi connectivity index (χ1) is 17.1. The molecule has 208 valence electrons. The summed E-state index contributed by atoms with van der Waals surface area (Å²) in [4.78, 5) is 0. The van der Waals surface area contributed by atoms with E-state index in [1.807, 2.05) is 0 Å². The van der Waals surface area contributed by atoms with Crippen LogP contribution in [-0.2, 0) is 11.8 Å². The minimum absolute atomic E-state index is 0.0357. The maximum absolute atomic E-state index is 6.81. The van der Waals surface area contributed by atoms with Crippen molar-refractivity contribution in [1.29, 1.82) is 0 Å². The first-order valence-corrected chi connectivity index (χ1v) is 19.7. The third-order valence-electron chi connectivity index (χ3n) is 8.01. The zero-order chi connectivity index (χ0) is 26.6. The fourth-order valence-electron chi connectivity index (χ4n) is 5.61. The lowest BCUT2D eigenvalue weighted by Gasteiger charge is -2.39. The van der Waals surface area contributed by atoms with Crippen LogP contribution in [0.1, 0.15) is 139 Å². The van der Waals surface area contributed by atoms with Gasteiger partial charge in [-0.25, -0.2) is 0 Å². The number of rotatable bonds is 18. The average Bonchev–Trinajstić information content (AvgIpc) is 2.82. The van der Waals surface area contributed by atoms with Gasteiger partial charge in [0.05, 0.1) is 0 Å². The molecule has 0 spiro atoms. The van der Waals surface area contributed by atoms with Crippen molar-refractivity contribution in [3.63, 3.8) is 0 Å². The van der Waals surface area contributed by atoms with E-state index in [-0.39, 0.29) is 5.60 Å². The second-order valence-electron chi connectivity index (χ2n) is 12.6. The Morgan fingerprint density at radius 3 is 1.78 bits per heavy atom. The molecule has 1 aromatic rings. The predicted molar refractivity (Wildman–Crippen MR) is 165 cm³/mol. The van der Waals surface area contributed by atoms with Crippen LogP contribution in [0.3, 0.4) is 0 Å². The number of alkyl halides is 1. The number of benzene rings is 1. The molecule has 0 radical (unpaired) electrons. The molecule has 0 bridgehead atoms. The van der Waals surface area contributed by atoms with Crippen LogP contribution in [0.15, 0.2) is 0 Å². The molecule has 4 heteroatoms. The highest BCUT2D eigenvalue weighted by molar-refractivity contribution is 9.08. The second-order valence-corrected chi connectivity index (χ2v) is 17.6. The SMILES string of the molecule is CCCCCCCCCCCCCCCCC1(C)CCc2c(CBr)c(O[Si](C)(C)C)c(C)c(C)c2O1. The molecule has 36 heavy (non-hydrogen) atoms. The Bertz CT molecular complexity index is 786. The summed E-state index contributed by atoms with van der Waals surface area (Å²) in [6.07, 6.45) is 23.1. The summed E-state index contributed by atoms with van der Waals surface area (Å²) in [5.74, 6) is 2.26. The van der Waals surface area contributed by atoms with Crippen LogP contribution in [-0.4, -0.2) is 13.9 Å². The molecule has 0 amide bonds. The lowest BCUT2D eigenvalue weighted by Crippen LogP contribution is -2.37. The van der Waals surface area contributed by atoms with Crippen LogP contribution in [0.25, 0.3) is 0 Å². The maximum Gasteiger partial charge on any atom is 0.242 e. The van der Waals surface area contributed by atoms with Crippen molar-refractivity contribution in [2.45, 2.75) is 167 Å². The molecule has 1 atom stereocenters. The average molecular weight is 582 g/mol. The van der Waals surface area contributed by atoms with Gasteiger partial charge in [0.2, 0.25) is 8.32 Å². The highest BCUT2D eigenvalue weighted by Crippen LogP contribution is 2.46. The van der Waals surface area contributed by atoms with Gasteiger partial charge in [-0.2, -0.15) is 0 Å². The zero-order valence-corrected chi connectivity index (χ0v) is 27.5. The summed E-state index contributed by atoms with van der Waals surface area (Å²) in [5, 5.41) is 0.829. The van der Waals surface area contributed by atoms with Gasteiger partial charge in [0, 0.05) is 16.5 Å². The van der Waals surface area contributed by atoms with E-state index in [0.29, 0.717) is 0 Å². The largest absolute Gasteiger partial charge is 0.544 e. The van der Waals surface area contributed by atoms with E-state index < -0.39 is 8.32 Å². The molecule has 0 N–H and O–H groups in total. The quantitative estimate of drug-likeness (QED) is 0.0975. The van der Waals surface area contributed by atoms with Crippen LogP contribution >= 0.6 is 15.9 Å². The third kappa shape index (κ3) is 10.3. The van der Waals surface area contributed by atoms with Crippen LogP contribution in [0.4, 0.5) is 0 Å². The number of fused-ring (bicyclic) bond motifs is 1. The minimum Gasteiger partial charge on any atom is -0.544 e. The van der Waals surface area contributed by atoms with E-state index in [4.69, 9.17) is 9.16 Å². The normalized spacial score (nSPS) is 17.7. The molecule has 1 aliphatic rings. The monoisotopic (exact) mass is 580 g/mol. The molecule has 1 aromatic carbocycles. The molecule has 0 aliphatic carbocycles. The van der Waals surface area contributed by atoms with E-state index in [1.165, 1.54) is 119 Å². The number of hydrogen-bond donors (Lipinski definition) is 0. The summed E-state index contributed by atoms with van der Waals surface area (Å²) < 4.78 is 13.4. The molecule has 0 saturated carbocycles. The molecule has 2 nitrogen and oxygen atoms in total. The molecule has 1 aliphatic heterocycles. The van der Waals surface area contributed by atoms with Crippen molar-refractivity contribution >= 4 is 24.2 Å². The third-order valence-corrected chi connectivity index (χ3v) is 9.39. The lowest BCUT2D eigenvalue weighted by atomic mass is 9.84. The van der Waals surface area contributed by atoms with Gasteiger partial charge in [0.15, 0.2) is 0 Å². The molecule has 0 fully saturated rings. The van der Waals surface area contributed by atoms with Crippen molar-refractivity contribution in [2.24, 2.45) is 0 Å². The Balaban J connectivity index is 1.73.